The summed E-state index contributed by atoms with van der Waals surface area (Å²) >= 11 is 0. The summed E-state index contributed by atoms with van der Waals surface area (Å²) in [4.78, 5) is 4.37. The van der Waals surface area contributed by atoms with Gasteiger partial charge in [0, 0.05) is 25.6 Å². The third-order valence-electron chi connectivity index (χ3n) is 3.61. The van der Waals surface area contributed by atoms with E-state index in [0.717, 1.165) is 18.8 Å². The third-order valence-corrected chi connectivity index (χ3v) is 3.61. The van der Waals surface area contributed by atoms with Gasteiger partial charge in [-0.3, -0.25) is 4.68 Å². The molecule has 0 amide bonds. The van der Waals surface area contributed by atoms with Crippen molar-refractivity contribution in [1.29, 1.82) is 0 Å². The Morgan fingerprint density at radius 1 is 1.24 bits per heavy atom. The maximum absolute atomic E-state index is 5.98. The lowest BCUT2D eigenvalue weighted by Crippen LogP contribution is -2.36. The van der Waals surface area contributed by atoms with Gasteiger partial charge in [0.05, 0.1) is 6.10 Å². The van der Waals surface area contributed by atoms with Crippen molar-refractivity contribution in [3.05, 3.63) is 48.0 Å². The Morgan fingerprint density at radius 2 is 2.00 bits per heavy atom. The van der Waals surface area contributed by atoms with E-state index in [1.165, 1.54) is 5.56 Å². The first-order chi connectivity index (χ1) is 10.3. The first-order valence-corrected chi connectivity index (χ1v) is 7.50. The molecular weight excluding hydrogens is 264 g/mol. The zero-order chi connectivity index (χ0) is 15.1. The fraction of sp³-hybridized carbons (Fsp3) is 0.500. The molecule has 21 heavy (non-hydrogen) atoms. The minimum Gasteiger partial charge on any atom is -0.372 e. The van der Waals surface area contributed by atoms with E-state index in [-0.39, 0.29) is 12.1 Å². The van der Waals surface area contributed by atoms with Crippen molar-refractivity contribution in [1.82, 2.24) is 20.1 Å². The third kappa shape index (κ3) is 3.89. The number of benzene rings is 1. The van der Waals surface area contributed by atoms with Crippen molar-refractivity contribution in [2.45, 2.75) is 39.0 Å². The highest BCUT2D eigenvalue weighted by Gasteiger charge is 2.24. The van der Waals surface area contributed by atoms with E-state index < -0.39 is 0 Å². The summed E-state index contributed by atoms with van der Waals surface area (Å²) in [5.74, 6) is 0.984. The molecule has 0 aliphatic rings. The Labute approximate surface area is 126 Å². The van der Waals surface area contributed by atoms with E-state index in [9.17, 15) is 0 Å². The number of aromatic nitrogens is 3. The van der Waals surface area contributed by atoms with Gasteiger partial charge < -0.3 is 10.1 Å². The average Bonchev–Trinajstić information content (AvgIpc) is 2.98. The number of likely N-dealkylation sites (N-methyl/N-ethyl adjacent to an activating group) is 1. The highest BCUT2D eigenvalue weighted by Crippen LogP contribution is 2.23. The summed E-state index contributed by atoms with van der Waals surface area (Å²) in [6, 6.07) is 10.5. The monoisotopic (exact) mass is 288 g/mol. The number of hydrogen-bond acceptors (Lipinski definition) is 4. The van der Waals surface area contributed by atoms with Crippen LogP contribution in [-0.4, -0.2) is 34.5 Å². The van der Waals surface area contributed by atoms with Gasteiger partial charge in [-0.1, -0.05) is 30.3 Å². The lowest BCUT2D eigenvalue weighted by Gasteiger charge is -2.27. The molecule has 0 aliphatic carbocycles. The second kappa shape index (κ2) is 7.90. The maximum atomic E-state index is 5.98. The number of nitrogens with zero attached hydrogens (tertiary/aromatic N) is 3. The lowest BCUT2D eigenvalue weighted by molar-refractivity contribution is 0.0345. The van der Waals surface area contributed by atoms with E-state index in [2.05, 4.69) is 34.5 Å². The summed E-state index contributed by atoms with van der Waals surface area (Å²) in [6.45, 7) is 5.61. The molecule has 2 rings (SSSR count). The van der Waals surface area contributed by atoms with Crippen molar-refractivity contribution in [3.63, 3.8) is 0 Å². The summed E-state index contributed by atoms with van der Waals surface area (Å²) in [5, 5.41) is 7.61. The minimum absolute atomic E-state index is 0.00297. The first-order valence-electron chi connectivity index (χ1n) is 7.50. The molecule has 0 spiro atoms. The molecule has 1 aromatic heterocycles. The van der Waals surface area contributed by atoms with Crippen LogP contribution in [0.1, 0.15) is 31.3 Å². The fourth-order valence-electron chi connectivity index (χ4n) is 2.53. The van der Waals surface area contributed by atoms with E-state index in [4.69, 9.17) is 4.74 Å². The van der Waals surface area contributed by atoms with Crippen LogP contribution in [0.3, 0.4) is 0 Å². The van der Waals surface area contributed by atoms with E-state index >= 15 is 0 Å². The SMILES string of the molecule is CCOC(c1ccccc1)C(Cc1ncnn1CC)NC. The van der Waals surface area contributed by atoms with Crippen molar-refractivity contribution in [2.24, 2.45) is 0 Å². The molecule has 0 saturated carbocycles. The Morgan fingerprint density at radius 3 is 2.62 bits per heavy atom. The van der Waals surface area contributed by atoms with Gasteiger partial charge in [0.2, 0.25) is 0 Å². The van der Waals surface area contributed by atoms with Gasteiger partial charge in [0.15, 0.2) is 0 Å². The van der Waals surface area contributed by atoms with E-state index in [0.29, 0.717) is 6.61 Å². The molecular formula is C16H24N4O. The number of rotatable bonds is 8. The summed E-state index contributed by atoms with van der Waals surface area (Å²) < 4.78 is 7.91. The van der Waals surface area contributed by atoms with Crippen molar-refractivity contribution in [2.75, 3.05) is 13.7 Å². The minimum atomic E-state index is 0.00297. The first kappa shape index (κ1) is 15.7. The van der Waals surface area contributed by atoms with Crippen LogP contribution in [0.25, 0.3) is 0 Å². The van der Waals surface area contributed by atoms with Crippen LogP contribution in [-0.2, 0) is 17.7 Å². The van der Waals surface area contributed by atoms with Gasteiger partial charge in [-0.05, 0) is 26.5 Å². The quantitative estimate of drug-likeness (QED) is 0.809. The molecule has 5 heteroatoms. The smallest absolute Gasteiger partial charge is 0.138 e. The molecule has 0 saturated heterocycles. The van der Waals surface area contributed by atoms with Crippen LogP contribution < -0.4 is 5.32 Å². The molecule has 1 aromatic carbocycles. The standard InChI is InChI=1S/C16H24N4O/c1-4-20-15(18-12-19-20)11-14(17-3)16(21-5-2)13-9-7-6-8-10-13/h6-10,12,14,16-17H,4-5,11H2,1-3H3. The van der Waals surface area contributed by atoms with Crippen molar-refractivity contribution >= 4 is 0 Å². The molecule has 2 aromatic rings. The van der Waals surface area contributed by atoms with Crippen LogP contribution in [0, 0.1) is 0 Å². The van der Waals surface area contributed by atoms with Gasteiger partial charge >= 0.3 is 0 Å². The Balaban J connectivity index is 2.20. The van der Waals surface area contributed by atoms with Gasteiger partial charge in [-0.25, -0.2) is 4.98 Å². The van der Waals surface area contributed by atoms with Gasteiger partial charge in [-0.2, -0.15) is 5.10 Å². The van der Waals surface area contributed by atoms with Crippen LogP contribution in [0.15, 0.2) is 36.7 Å². The van der Waals surface area contributed by atoms with Crippen LogP contribution in [0.5, 0.6) is 0 Å². The molecule has 0 bridgehead atoms. The second-order valence-electron chi connectivity index (χ2n) is 4.88. The fourth-order valence-corrected chi connectivity index (χ4v) is 2.53. The Hall–Kier alpha value is -1.72. The summed E-state index contributed by atoms with van der Waals surface area (Å²) in [6.07, 6.45) is 2.40. The van der Waals surface area contributed by atoms with Gasteiger partial charge in [-0.15, -0.1) is 0 Å². The largest absolute Gasteiger partial charge is 0.372 e. The van der Waals surface area contributed by atoms with Crippen LogP contribution >= 0.6 is 0 Å². The lowest BCUT2D eigenvalue weighted by atomic mass is 9.99. The number of ether oxygens (including phenoxy) is 1. The second-order valence-corrected chi connectivity index (χ2v) is 4.88. The molecule has 5 nitrogen and oxygen atoms in total. The number of aryl methyl sites for hydroxylation is 1. The predicted molar refractivity (Wildman–Crippen MR) is 83.1 cm³/mol. The molecule has 114 valence electrons. The zero-order valence-electron chi connectivity index (χ0n) is 13.0. The normalized spacial score (nSPS) is 14.0. The number of hydrogen-bond donors (Lipinski definition) is 1. The van der Waals surface area contributed by atoms with Crippen LogP contribution in [0.4, 0.5) is 0 Å². The molecule has 0 aliphatic heterocycles. The molecule has 1 heterocycles. The highest BCUT2D eigenvalue weighted by molar-refractivity contribution is 5.19. The van der Waals surface area contributed by atoms with Crippen LogP contribution in [0.2, 0.25) is 0 Å². The van der Waals surface area contributed by atoms with Crippen molar-refractivity contribution < 1.29 is 4.74 Å². The molecule has 2 unspecified atom stereocenters. The molecule has 0 fully saturated rings. The average molecular weight is 288 g/mol. The topological polar surface area (TPSA) is 52.0 Å². The molecule has 2 atom stereocenters. The molecule has 1 N–H and O–H groups in total. The molecule has 0 radical (unpaired) electrons. The van der Waals surface area contributed by atoms with Gasteiger partial charge in [0.25, 0.3) is 0 Å². The number of nitrogens with one attached hydrogen (secondary N) is 1. The summed E-state index contributed by atoms with van der Waals surface area (Å²) in [5.41, 5.74) is 1.18. The maximum Gasteiger partial charge on any atom is 0.138 e. The highest BCUT2D eigenvalue weighted by atomic mass is 16.5. The Bertz CT molecular complexity index is 526. The zero-order valence-corrected chi connectivity index (χ0v) is 13.0. The van der Waals surface area contributed by atoms with Gasteiger partial charge in [0.1, 0.15) is 12.2 Å². The predicted octanol–water partition coefficient (Wildman–Crippen LogP) is 2.21. The Kier molecular flexibility index (Phi) is 5.90. The van der Waals surface area contributed by atoms with Crippen molar-refractivity contribution in [3.8, 4) is 0 Å². The van der Waals surface area contributed by atoms with E-state index in [1.807, 2.05) is 36.9 Å². The van der Waals surface area contributed by atoms with E-state index in [1.54, 1.807) is 6.33 Å². The summed E-state index contributed by atoms with van der Waals surface area (Å²) in [7, 11) is 1.96.